The number of fused-ring (bicyclic) bond motifs is 1. The Hall–Kier alpha value is -2.04. The van der Waals surface area contributed by atoms with Crippen LogP contribution in [0, 0.1) is 0 Å². The lowest BCUT2D eigenvalue weighted by molar-refractivity contribution is 0.0520. The van der Waals surface area contributed by atoms with Gasteiger partial charge in [-0.25, -0.2) is 4.79 Å². The maximum Gasteiger partial charge on any atom is 0.359 e. The average Bonchev–Trinajstić information content (AvgIpc) is 2.67. The molecular formula is C12H14N2O3. The summed E-state index contributed by atoms with van der Waals surface area (Å²) >= 11 is 0. The van der Waals surface area contributed by atoms with Gasteiger partial charge in [-0.3, -0.25) is 4.68 Å². The maximum atomic E-state index is 11.8. The number of aromatic nitrogens is 2. The van der Waals surface area contributed by atoms with E-state index in [-0.39, 0.29) is 0 Å². The normalized spacial score (nSPS) is 10.5. The number of hydrogen-bond donors (Lipinski definition) is 0. The van der Waals surface area contributed by atoms with E-state index < -0.39 is 5.97 Å². The van der Waals surface area contributed by atoms with Gasteiger partial charge in [-0.1, -0.05) is 6.07 Å². The van der Waals surface area contributed by atoms with Crippen molar-refractivity contribution < 1.29 is 14.3 Å². The molecule has 0 N–H and O–H groups in total. The van der Waals surface area contributed by atoms with E-state index in [1.807, 2.05) is 12.1 Å². The van der Waals surface area contributed by atoms with Crippen molar-refractivity contribution in [1.82, 2.24) is 9.78 Å². The molecule has 0 unspecified atom stereocenters. The first-order chi connectivity index (χ1) is 8.19. The van der Waals surface area contributed by atoms with Gasteiger partial charge in [0.2, 0.25) is 0 Å². The van der Waals surface area contributed by atoms with Crippen LogP contribution in [0.4, 0.5) is 0 Å². The molecule has 1 aromatic heterocycles. The quantitative estimate of drug-likeness (QED) is 0.759. The highest BCUT2D eigenvalue weighted by atomic mass is 16.5. The fraction of sp³-hybridized carbons (Fsp3) is 0.333. The third kappa shape index (κ3) is 1.84. The van der Waals surface area contributed by atoms with Crippen LogP contribution in [0.5, 0.6) is 5.75 Å². The van der Waals surface area contributed by atoms with Crippen LogP contribution in [0.3, 0.4) is 0 Å². The number of aryl methyl sites for hydroxylation is 1. The van der Waals surface area contributed by atoms with Crippen LogP contribution >= 0.6 is 0 Å². The Labute approximate surface area is 98.9 Å². The Balaban J connectivity index is 2.67. The molecule has 0 radical (unpaired) electrons. The zero-order valence-electron chi connectivity index (χ0n) is 10.1. The number of benzene rings is 1. The molecule has 0 atom stereocenters. The third-order valence-electron chi connectivity index (χ3n) is 2.53. The van der Waals surface area contributed by atoms with Crippen LogP contribution in [0.25, 0.3) is 10.9 Å². The summed E-state index contributed by atoms with van der Waals surface area (Å²) in [6, 6.07) is 5.54. The van der Waals surface area contributed by atoms with E-state index >= 15 is 0 Å². The van der Waals surface area contributed by atoms with E-state index in [1.54, 1.807) is 31.8 Å². The van der Waals surface area contributed by atoms with Gasteiger partial charge in [0.1, 0.15) is 5.75 Å². The van der Waals surface area contributed by atoms with Crippen LogP contribution in [-0.2, 0) is 11.8 Å². The van der Waals surface area contributed by atoms with Gasteiger partial charge in [0.15, 0.2) is 5.69 Å². The molecular weight excluding hydrogens is 220 g/mol. The lowest BCUT2D eigenvalue weighted by Crippen LogP contribution is -2.06. The minimum absolute atomic E-state index is 0.293. The molecule has 0 spiro atoms. The highest BCUT2D eigenvalue weighted by Crippen LogP contribution is 2.28. The van der Waals surface area contributed by atoms with Gasteiger partial charge in [-0.05, 0) is 19.1 Å². The molecule has 2 rings (SSSR count). The Morgan fingerprint density at radius 3 is 2.88 bits per heavy atom. The first-order valence-corrected chi connectivity index (χ1v) is 5.35. The number of nitrogens with zero attached hydrogens (tertiary/aromatic N) is 2. The van der Waals surface area contributed by atoms with Crippen LogP contribution in [0.1, 0.15) is 17.4 Å². The summed E-state index contributed by atoms with van der Waals surface area (Å²) in [6.07, 6.45) is 0. The van der Waals surface area contributed by atoms with Gasteiger partial charge in [-0.15, -0.1) is 0 Å². The first kappa shape index (κ1) is 11.4. The monoisotopic (exact) mass is 234 g/mol. The highest BCUT2D eigenvalue weighted by Gasteiger charge is 2.20. The molecule has 0 fully saturated rings. The van der Waals surface area contributed by atoms with Crippen LogP contribution in [0.2, 0.25) is 0 Å². The standard InChI is InChI=1S/C12H14N2O3/c1-4-17-12(15)11-10-8(14(2)13-11)6-5-7-9(10)16-3/h5-7H,4H2,1-3H3. The second kappa shape index (κ2) is 4.45. The van der Waals surface area contributed by atoms with Crippen molar-refractivity contribution in [3.05, 3.63) is 23.9 Å². The second-order valence-corrected chi connectivity index (χ2v) is 3.55. The minimum atomic E-state index is -0.428. The Bertz CT molecular complexity index is 560. The molecule has 0 aliphatic carbocycles. The largest absolute Gasteiger partial charge is 0.496 e. The molecule has 0 aliphatic rings. The first-order valence-electron chi connectivity index (χ1n) is 5.35. The summed E-state index contributed by atoms with van der Waals surface area (Å²) in [5.41, 5.74) is 1.13. The summed E-state index contributed by atoms with van der Waals surface area (Å²) in [5.74, 6) is 0.196. The molecule has 5 nitrogen and oxygen atoms in total. The lowest BCUT2D eigenvalue weighted by atomic mass is 10.2. The van der Waals surface area contributed by atoms with Crippen molar-refractivity contribution in [2.75, 3.05) is 13.7 Å². The van der Waals surface area contributed by atoms with Crippen molar-refractivity contribution in [3.63, 3.8) is 0 Å². The SMILES string of the molecule is CCOC(=O)c1nn(C)c2cccc(OC)c12. The molecule has 1 aromatic carbocycles. The van der Waals surface area contributed by atoms with Gasteiger partial charge in [0, 0.05) is 7.05 Å². The molecule has 0 aliphatic heterocycles. The molecule has 5 heteroatoms. The second-order valence-electron chi connectivity index (χ2n) is 3.55. The summed E-state index contributed by atoms with van der Waals surface area (Å²) in [7, 11) is 3.35. The fourth-order valence-corrected chi connectivity index (χ4v) is 1.79. The van der Waals surface area contributed by atoms with E-state index in [0.29, 0.717) is 23.4 Å². The van der Waals surface area contributed by atoms with Crippen LogP contribution < -0.4 is 4.74 Å². The van der Waals surface area contributed by atoms with Crippen molar-refractivity contribution in [2.45, 2.75) is 6.92 Å². The molecule has 0 saturated carbocycles. The molecule has 1 heterocycles. The van der Waals surface area contributed by atoms with Crippen molar-refractivity contribution in [1.29, 1.82) is 0 Å². The van der Waals surface area contributed by atoms with Crippen molar-refractivity contribution >= 4 is 16.9 Å². The maximum absolute atomic E-state index is 11.8. The predicted molar refractivity (Wildman–Crippen MR) is 63.2 cm³/mol. The molecule has 0 bridgehead atoms. The van der Waals surface area contributed by atoms with Crippen LogP contribution in [0.15, 0.2) is 18.2 Å². The summed E-state index contributed by atoms with van der Waals surface area (Å²) < 4.78 is 11.9. The number of ether oxygens (including phenoxy) is 2. The number of esters is 1. The number of methoxy groups -OCH3 is 1. The van der Waals surface area contributed by atoms with Crippen LogP contribution in [-0.4, -0.2) is 29.5 Å². The predicted octanol–water partition coefficient (Wildman–Crippen LogP) is 1.76. The van der Waals surface area contributed by atoms with E-state index in [9.17, 15) is 4.79 Å². The van der Waals surface area contributed by atoms with Gasteiger partial charge >= 0.3 is 5.97 Å². The Kier molecular flexibility index (Phi) is 2.99. The van der Waals surface area contributed by atoms with Gasteiger partial charge in [0.25, 0.3) is 0 Å². The molecule has 0 saturated heterocycles. The van der Waals surface area contributed by atoms with E-state index in [4.69, 9.17) is 9.47 Å². The van der Waals surface area contributed by atoms with Crippen molar-refractivity contribution in [2.24, 2.45) is 7.05 Å². The zero-order valence-corrected chi connectivity index (χ0v) is 10.1. The number of rotatable bonds is 3. The third-order valence-corrected chi connectivity index (χ3v) is 2.53. The summed E-state index contributed by atoms with van der Waals surface area (Å²) in [5, 5.41) is 4.87. The van der Waals surface area contributed by atoms with Gasteiger partial charge in [-0.2, -0.15) is 5.10 Å². The fourth-order valence-electron chi connectivity index (χ4n) is 1.79. The van der Waals surface area contributed by atoms with Gasteiger partial charge in [0.05, 0.1) is 24.6 Å². The number of hydrogen-bond acceptors (Lipinski definition) is 4. The topological polar surface area (TPSA) is 53.3 Å². The lowest BCUT2D eigenvalue weighted by Gasteiger charge is -2.03. The molecule has 2 aromatic rings. The summed E-state index contributed by atoms with van der Waals surface area (Å²) in [6.45, 7) is 2.09. The average molecular weight is 234 g/mol. The minimum Gasteiger partial charge on any atom is -0.496 e. The van der Waals surface area contributed by atoms with E-state index in [2.05, 4.69) is 5.10 Å². The molecule has 0 amide bonds. The number of carbonyl (C=O) groups is 1. The Morgan fingerprint density at radius 2 is 2.24 bits per heavy atom. The van der Waals surface area contributed by atoms with E-state index in [0.717, 1.165) is 5.52 Å². The molecule has 17 heavy (non-hydrogen) atoms. The zero-order chi connectivity index (χ0) is 12.4. The molecule has 90 valence electrons. The summed E-state index contributed by atoms with van der Waals surface area (Å²) in [4.78, 5) is 11.8. The Morgan fingerprint density at radius 1 is 1.47 bits per heavy atom. The number of carbonyl (C=O) groups excluding carboxylic acids is 1. The smallest absolute Gasteiger partial charge is 0.359 e. The highest BCUT2D eigenvalue weighted by molar-refractivity contribution is 6.04. The van der Waals surface area contributed by atoms with Crippen molar-refractivity contribution in [3.8, 4) is 5.75 Å². The van der Waals surface area contributed by atoms with E-state index in [1.165, 1.54) is 0 Å². The van der Waals surface area contributed by atoms with Gasteiger partial charge < -0.3 is 9.47 Å².